The van der Waals surface area contributed by atoms with Crippen molar-refractivity contribution in [3.63, 3.8) is 0 Å². The second-order valence-corrected chi connectivity index (χ2v) is 6.53. The van der Waals surface area contributed by atoms with E-state index in [0.29, 0.717) is 0 Å². The maximum Gasteiger partial charge on any atom is 0.152 e. The summed E-state index contributed by atoms with van der Waals surface area (Å²) in [5, 5.41) is 7.86. The molecule has 114 valence electrons. The lowest BCUT2D eigenvalue weighted by Gasteiger charge is -2.19. The van der Waals surface area contributed by atoms with Crippen LogP contribution in [0.4, 0.5) is 17.2 Å². The Labute approximate surface area is 127 Å². The zero-order valence-electron chi connectivity index (χ0n) is 13.7. The van der Waals surface area contributed by atoms with Crippen molar-refractivity contribution in [2.75, 3.05) is 11.1 Å². The number of rotatable bonds is 4. The van der Waals surface area contributed by atoms with Crippen LogP contribution in [0.25, 0.3) is 0 Å². The van der Waals surface area contributed by atoms with Crippen LogP contribution >= 0.6 is 0 Å². The van der Waals surface area contributed by atoms with Gasteiger partial charge in [-0.15, -0.1) is 0 Å². The Bertz CT molecular complexity index is 603. The van der Waals surface area contributed by atoms with Gasteiger partial charge >= 0.3 is 0 Å². The summed E-state index contributed by atoms with van der Waals surface area (Å²) in [4.78, 5) is 0. The zero-order chi connectivity index (χ0) is 15.6. The van der Waals surface area contributed by atoms with Gasteiger partial charge in [-0.2, -0.15) is 5.10 Å². The summed E-state index contributed by atoms with van der Waals surface area (Å²) in [5.41, 5.74) is 10.4. The number of anilines is 3. The van der Waals surface area contributed by atoms with E-state index in [1.54, 1.807) is 0 Å². The SMILES string of the molecule is CCCc1nn(C)c(Nc2ccc(C(C)(C)C)cc2)c1N. The van der Waals surface area contributed by atoms with Crippen molar-refractivity contribution in [2.24, 2.45) is 7.05 Å². The van der Waals surface area contributed by atoms with Gasteiger partial charge in [0, 0.05) is 12.7 Å². The van der Waals surface area contributed by atoms with E-state index in [-0.39, 0.29) is 5.41 Å². The number of nitrogens with two attached hydrogens (primary N) is 1. The van der Waals surface area contributed by atoms with Crippen molar-refractivity contribution in [3.05, 3.63) is 35.5 Å². The molecular formula is C17H26N4. The van der Waals surface area contributed by atoms with E-state index in [9.17, 15) is 0 Å². The number of aromatic nitrogens is 2. The molecule has 4 heteroatoms. The fourth-order valence-corrected chi connectivity index (χ4v) is 2.36. The number of nitrogen functional groups attached to an aromatic ring is 1. The summed E-state index contributed by atoms with van der Waals surface area (Å²) in [7, 11) is 1.92. The third-order valence-corrected chi connectivity index (χ3v) is 3.66. The first kappa shape index (κ1) is 15.4. The number of hydrogen-bond acceptors (Lipinski definition) is 3. The topological polar surface area (TPSA) is 55.9 Å². The minimum absolute atomic E-state index is 0.165. The second kappa shape index (κ2) is 5.80. The van der Waals surface area contributed by atoms with Crippen LogP contribution in [0.5, 0.6) is 0 Å². The maximum atomic E-state index is 6.19. The van der Waals surface area contributed by atoms with E-state index in [0.717, 1.165) is 35.7 Å². The van der Waals surface area contributed by atoms with Crippen molar-refractivity contribution in [1.29, 1.82) is 0 Å². The Morgan fingerprint density at radius 3 is 2.33 bits per heavy atom. The predicted octanol–water partition coefficient (Wildman–Crippen LogP) is 4.00. The Morgan fingerprint density at radius 2 is 1.81 bits per heavy atom. The molecule has 0 aliphatic carbocycles. The highest BCUT2D eigenvalue weighted by atomic mass is 15.3. The van der Waals surface area contributed by atoms with Gasteiger partial charge in [0.15, 0.2) is 5.82 Å². The monoisotopic (exact) mass is 286 g/mol. The van der Waals surface area contributed by atoms with Crippen LogP contribution in [0.2, 0.25) is 0 Å². The maximum absolute atomic E-state index is 6.19. The Morgan fingerprint density at radius 1 is 1.19 bits per heavy atom. The van der Waals surface area contributed by atoms with Crippen molar-refractivity contribution >= 4 is 17.2 Å². The molecule has 0 saturated heterocycles. The predicted molar refractivity (Wildman–Crippen MR) is 90.0 cm³/mol. The number of aryl methyl sites for hydroxylation is 2. The summed E-state index contributed by atoms with van der Waals surface area (Å²) >= 11 is 0. The minimum Gasteiger partial charge on any atom is -0.394 e. The molecule has 0 fully saturated rings. The normalized spacial score (nSPS) is 11.7. The summed E-state index contributed by atoms with van der Waals surface area (Å²) in [5.74, 6) is 0.863. The first-order valence-electron chi connectivity index (χ1n) is 7.52. The number of benzene rings is 1. The molecule has 2 rings (SSSR count). The third-order valence-electron chi connectivity index (χ3n) is 3.66. The average molecular weight is 286 g/mol. The van der Waals surface area contributed by atoms with Crippen molar-refractivity contribution < 1.29 is 0 Å². The molecule has 3 N–H and O–H groups in total. The lowest BCUT2D eigenvalue weighted by molar-refractivity contribution is 0.590. The third kappa shape index (κ3) is 3.38. The molecule has 0 unspecified atom stereocenters. The van der Waals surface area contributed by atoms with Crippen molar-refractivity contribution in [3.8, 4) is 0 Å². The lowest BCUT2D eigenvalue weighted by atomic mass is 9.87. The Kier molecular flexibility index (Phi) is 4.26. The minimum atomic E-state index is 0.165. The van der Waals surface area contributed by atoms with Gasteiger partial charge in [-0.05, 0) is 29.5 Å². The molecule has 1 heterocycles. The van der Waals surface area contributed by atoms with Gasteiger partial charge in [-0.25, -0.2) is 0 Å². The second-order valence-electron chi connectivity index (χ2n) is 6.53. The van der Waals surface area contributed by atoms with Crippen LogP contribution in [-0.4, -0.2) is 9.78 Å². The van der Waals surface area contributed by atoms with Gasteiger partial charge < -0.3 is 11.1 Å². The molecule has 0 bridgehead atoms. The largest absolute Gasteiger partial charge is 0.394 e. The van der Waals surface area contributed by atoms with Crippen molar-refractivity contribution in [2.45, 2.75) is 46.0 Å². The van der Waals surface area contributed by atoms with E-state index in [4.69, 9.17) is 5.73 Å². The first-order chi connectivity index (χ1) is 9.82. The fraction of sp³-hybridized carbons (Fsp3) is 0.471. The standard InChI is InChI=1S/C17H26N4/c1-6-7-14-15(18)16(21(5)20-14)19-13-10-8-12(9-11-13)17(2,3)4/h8-11,19H,6-7,18H2,1-5H3. The lowest BCUT2D eigenvalue weighted by Crippen LogP contribution is -2.10. The van der Waals surface area contributed by atoms with Gasteiger partial charge in [0.05, 0.1) is 11.4 Å². The Hall–Kier alpha value is -1.97. The molecule has 0 atom stereocenters. The highest BCUT2D eigenvalue weighted by Crippen LogP contribution is 2.28. The molecule has 0 aliphatic heterocycles. The van der Waals surface area contributed by atoms with E-state index in [1.807, 2.05) is 11.7 Å². The zero-order valence-corrected chi connectivity index (χ0v) is 13.7. The molecule has 1 aromatic carbocycles. The van der Waals surface area contributed by atoms with Crippen LogP contribution in [-0.2, 0) is 18.9 Å². The fourth-order valence-electron chi connectivity index (χ4n) is 2.36. The smallest absolute Gasteiger partial charge is 0.152 e. The van der Waals surface area contributed by atoms with E-state index < -0.39 is 0 Å². The van der Waals surface area contributed by atoms with Crippen LogP contribution in [0.3, 0.4) is 0 Å². The van der Waals surface area contributed by atoms with Crippen molar-refractivity contribution in [1.82, 2.24) is 9.78 Å². The Balaban J connectivity index is 2.22. The highest BCUT2D eigenvalue weighted by Gasteiger charge is 2.15. The number of nitrogens with one attached hydrogen (secondary N) is 1. The molecule has 0 radical (unpaired) electrons. The summed E-state index contributed by atoms with van der Waals surface area (Å²) in [6, 6.07) is 8.49. The van der Waals surface area contributed by atoms with E-state index in [1.165, 1.54) is 5.56 Å². The molecule has 2 aromatic rings. The van der Waals surface area contributed by atoms with Gasteiger partial charge in [-0.1, -0.05) is 46.2 Å². The molecule has 0 aliphatic rings. The first-order valence-corrected chi connectivity index (χ1v) is 7.52. The van der Waals surface area contributed by atoms with Gasteiger partial charge in [0.25, 0.3) is 0 Å². The van der Waals surface area contributed by atoms with Crippen LogP contribution < -0.4 is 11.1 Å². The molecule has 4 nitrogen and oxygen atoms in total. The molecule has 0 spiro atoms. The van der Waals surface area contributed by atoms with Crippen LogP contribution in [0, 0.1) is 0 Å². The van der Waals surface area contributed by atoms with Gasteiger partial charge in [0.1, 0.15) is 0 Å². The van der Waals surface area contributed by atoms with Crippen LogP contribution in [0.15, 0.2) is 24.3 Å². The number of nitrogens with zero attached hydrogens (tertiary/aromatic N) is 2. The highest BCUT2D eigenvalue weighted by molar-refractivity contribution is 5.71. The molecule has 0 amide bonds. The molecule has 1 aromatic heterocycles. The van der Waals surface area contributed by atoms with Gasteiger partial charge in [0.2, 0.25) is 0 Å². The quantitative estimate of drug-likeness (QED) is 0.893. The van der Waals surface area contributed by atoms with Gasteiger partial charge in [-0.3, -0.25) is 4.68 Å². The summed E-state index contributed by atoms with van der Waals surface area (Å²) in [6.07, 6.45) is 1.95. The van der Waals surface area contributed by atoms with E-state index >= 15 is 0 Å². The molecule has 0 saturated carbocycles. The molecule has 21 heavy (non-hydrogen) atoms. The van der Waals surface area contributed by atoms with Crippen LogP contribution in [0.1, 0.15) is 45.4 Å². The van der Waals surface area contributed by atoms with E-state index in [2.05, 4.69) is 62.4 Å². The molecular weight excluding hydrogens is 260 g/mol. The number of hydrogen-bond donors (Lipinski definition) is 2. The average Bonchev–Trinajstić information content (AvgIpc) is 2.67. The summed E-state index contributed by atoms with van der Waals surface area (Å²) < 4.78 is 1.82. The summed E-state index contributed by atoms with van der Waals surface area (Å²) in [6.45, 7) is 8.77.